The van der Waals surface area contributed by atoms with Gasteiger partial charge in [0.25, 0.3) is 5.56 Å². The summed E-state index contributed by atoms with van der Waals surface area (Å²) in [6, 6.07) is 13.3. The van der Waals surface area contributed by atoms with Crippen LogP contribution in [0.4, 0.5) is 0 Å². The van der Waals surface area contributed by atoms with Crippen molar-refractivity contribution >= 4 is 20.8 Å². The predicted molar refractivity (Wildman–Crippen MR) is 83.8 cm³/mol. The fourth-order valence-electron chi connectivity index (χ4n) is 2.32. The van der Waals surface area contributed by atoms with Crippen molar-refractivity contribution in [1.29, 1.82) is 0 Å². The average Bonchev–Trinajstić information content (AvgIpc) is 2.50. The minimum atomic E-state index is -3.73. The largest absolute Gasteiger partial charge is 0.274 e. The van der Waals surface area contributed by atoms with Crippen molar-refractivity contribution in [2.24, 2.45) is 12.2 Å². The molecule has 3 aromatic rings. The third-order valence-corrected chi connectivity index (χ3v) is 4.34. The number of hydrogen-bond acceptors (Lipinski definition) is 4. The zero-order valence-corrected chi connectivity index (χ0v) is 12.5. The van der Waals surface area contributed by atoms with Gasteiger partial charge in [-0.15, -0.1) is 0 Å². The Bertz CT molecular complexity index is 1020. The molecule has 112 valence electrons. The second kappa shape index (κ2) is 5.04. The molecular weight excluding hydrogens is 302 g/mol. The first-order chi connectivity index (χ1) is 10.4. The number of aryl methyl sites for hydroxylation is 1. The number of fused-ring (bicyclic) bond motifs is 1. The highest BCUT2D eigenvalue weighted by atomic mass is 32.2. The summed E-state index contributed by atoms with van der Waals surface area (Å²) in [6.45, 7) is 0. The van der Waals surface area contributed by atoms with Crippen LogP contribution in [0.25, 0.3) is 22.0 Å². The summed E-state index contributed by atoms with van der Waals surface area (Å²) in [4.78, 5) is 12.1. The second-order valence-corrected chi connectivity index (χ2v) is 6.45. The molecule has 0 aliphatic carbocycles. The van der Waals surface area contributed by atoms with Gasteiger partial charge < -0.3 is 0 Å². The Morgan fingerprint density at radius 2 is 1.59 bits per heavy atom. The third-order valence-electron chi connectivity index (χ3n) is 3.41. The SMILES string of the molecule is Cn1nc(-c2ccc(S(N)(=O)=O)cc2)c2ccccc2c1=O. The molecule has 0 aliphatic rings. The molecule has 0 aliphatic heterocycles. The molecule has 3 rings (SSSR count). The number of primary sulfonamides is 1. The van der Waals surface area contributed by atoms with E-state index in [9.17, 15) is 13.2 Å². The van der Waals surface area contributed by atoms with Gasteiger partial charge >= 0.3 is 0 Å². The molecule has 2 aromatic carbocycles. The lowest BCUT2D eigenvalue weighted by atomic mass is 10.1. The Kier molecular flexibility index (Phi) is 3.31. The monoisotopic (exact) mass is 315 g/mol. The van der Waals surface area contributed by atoms with E-state index in [0.717, 1.165) is 0 Å². The lowest BCUT2D eigenvalue weighted by Gasteiger charge is -2.08. The van der Waals surface area contributed by atoms with Crippen molar-refractivity contribution in [1.82, 2.24) is 9.78 Å². The van der Waals surface area contributed by atoms with Gasteiger partial charge in [-0.3, -0.25) is 4.79 Å². The van der Waals surface area contributed by atoms with E-state index in [-0.39, 0.29) is 10.5 Å². The third kappa shape index (κ3) is 2.40. The van der Waals surface area contributed by atoms with Gasteiger partial charge in [0.2, 0.25) is 10.0 Å². The van der Waals surface area contributed by atoms with Gasteiger partial charge in [0.1, 0.15) is 0 Å². The maximum absolute atomic E-state index is 12.1. The summed E-state index contributed by atoms with van der Waals surface area (Å²) in [5.74, 6) is 0. The number of aromatic nitrogens is 2. The molecule has 0 spiro atoms. The lowest BCUT2D eigenvalue weighted by molar-refractivity contribution is 0.598. The van der Waals surface area contributed by atoms with E-state index in [2.05, 4.69) is 5.10 Å². The smallest absolute Gasteiger partial charge is 0.267 e. The van der Waals surface area contributed by atoms with Gasteiger partial charge in [0, 0.05) is 18.0 Å². The normalized spacial score (nSPS) is 11.7. The van der Waals surface area contributed by atoms with Crippen molar-refractivity contribution in [3.63, 3.8) is 0 Å². The van der Waals surface area contributed by atoms with Crippen LogP contribution in [0.15, 0.2) is 58.2 Å². The molecule has 0 saturated heterocycles. The first kappa shape index (κ1) is 14.4. The van der Waals surface area contributed by atoms with Gasteiger partial charge in [-0.25, -0.2) is 18.2 Å². The van der Waals surface area contributed by atoms with Crippen LogP contribution in [0, 0.1) is 0 Å². The maximum atomic E-state index is 12.1. The molecule has 0 fully saturated rings. The highest BCUT2D eigenvalue weighted by Gasteiger charge is 2.12. The van der Waals surface area contributed by atoms with Gasteiger partial charge in [-0.1, -0.05) is 30.3 Å². The van der Waals surface area contributed by atoms with E-state index in [4.69, 9.17) is 5.14 Å². The van der Waals surface area contributed by atoms with Crippen LogP contribution in [-0.2, 0) is 17.1 Å². The number of nitrogens with zero attached hydrogens (tertiary/aromatic N) is 2. The quantitative estimate of drug-likeness (QED) is 0.770. The molecule has 0 atom stereocenters. The Hall–Kier alpha value is -2.51. The van der Waals surface area contributed by atoms with Gasteiger partial charge in [-0.05, 0) is 18.2 Å². The fraction of sp³-hybridized carbons (Fsp3) is 0.0667. The van der Waals surface area contributed by atoms with Gasteiger partial charge in [-0.2, -0.15) is 5.10 Å². The second-order valence-electron chi connectivity index (χ2n) is 4.89. The van der Waals surface area contributed by atoms with E-state index in [1.807, 2.05) is 12.1 Å². The number of rotatable bonds is 2. The number of benzene rings is 2. The van der Waals surface area contributed by atoms with Crippen LogP contribution >= 0.6 is 0 Å². The molecular formula is C15H13N3O3S. The summed E-state index contributed by atoms with van der Waals surface area (Å²) in [7, 11) is -2.15. The molecule has 22 heavy (non-hydrogen) atoms. The Morgan fingerprint density at radius 1 is 1.00 bits per heavy atom. The molecule has 0 bridgehead atoms. The Morgan fingerprint density at radius 3 is 2.18 bits per heavy atom. The maximum Gasteiger partial charge on any atom is 0.274 e. The average molecular weight is 315 g/mol. The molecule has 1 aromatic heterocycles. The van der Waals surface area contributed by atoms with Crippen LogP contribution in [0.1, 0.15) is 0 Å². The van der Waals surface area contributed by atoms with E-state index in [1.54, 1.807) is 31.3 Å². The van der Waals surface area contributed by atoms with Gasteiger partial charge in [0.15, 0.2) is 0 Å². The standard InChI is InChI=1S/C15H13N3O3S/c1-18-15(19)13-5-3-2-4-12(13)14(17-18)10-6-8-11(9-7-10)22(16,20)21/h2-9H,1H3,(H2,16,20,21). The van der Waals surface area contributed by atoms with Crippen LogP contribution in [0.3, 0.4) is 0 Å². The summed E-state index contributed by atoms with van der Waals surface area (Å²) in [6.07, 6.45) is 0. The zero-order valence-electron chi connectivity index (χ0n) is 11.7. The minimum absolute atomic E-state index is 0.0328. The minimum Gasteiger partial charge on any atom is -0.267 e. The van der Waals surface area contributed by atoms with Crippen LogP contribution < -0.4 is 10.7 Å². The van der Waals surface area contributed by atoms with E-state index in [0.29, 0.717) is 22.0 Å². The van der Waals surface area contributed by atoms with E-state index >= 15 is 0 Å². The number of hydrogen-bond donors (Lipinski definition) is 1. The summed E-state index contributed by atoms with van der Waals surface area (Å²) < 4.78 is 23.9. The topological polar surface area (TPSA) is 95.1 Å². The van der Waals surface area contributed by atoms with E-state index < -0.39 is 10.0 Å². The van der Waals surface area contributed by atoms with E-state index in [1.165, 1.54) is 16.8 Å². The zero-order chi connectivity index (χ0) is 15.9. The molecule has 6 nitrogen and oxygen atoms in total. The molecule has 0 amide bonds. The van der Waals surface area contributed by atoms with Crippen LogP contribution in [-0.4, -0.2) is 18.2 Å². The van der Waals surface area contributed by atoms with Crippen molar-refractivity contribution in [3.8, 4) is 11.3 Å². The number of nitrogens with two attached hydrogens (primary N) is 1. The molecule has 0 radical (unpaired) electrons. The Labute approximate surface area is 126 Å². The first-order valence-electron chi connectivity index (χ1n) is 6.47. The molecule has 0 unspecified atom stereocenters. The summed E-state index contributed by atoms with van der Waals surface area (Å²) >= 11 is 0. The first-order valence-corrected chi connectivity index (χ1v) is 8.02. The molecule has 0 saturated carbocycles. The molecule has 1 heterocycles. The highest BCUT2D eigenvalue weighted by molar-refractivity contribution is 7.89. The van der Waals surface area contributed by atoms with Crippen molar-refractivity contribution in [2.45, 2.75) is 4.90 Å². The molecule has 2 N–H and O–H groups in total. The predicted octanol–water partition coefficient (Wildman–Crippen LogP) is 1.25. The van der Waals surface area contributed by atoms with Crippen LogP contribution in [0.2, 0.25) is 0 Å². The summed E-state index contributed by atoms with van der Waals surface area (Å²) in [5.41, 5.74) is 1.14. The van der Waals surface area contributed by atoms with Crippen molar-refractivity contribution in [2.75, 3.05) is 0 Å². The van der Waals surface area contributed by atoms with Gasteiger partial charge in [0.05, 0.1) is 16.0 Å². The number of sulfonamides is 1. The fourth-order valence-corrected chi connectivity index (χ4v) is 2.83. The molecule has 7 heteroatoms. The highest BCUT2D eigenvalue weighted by Crippen LogP contribution is 2.25. The Balaban J connectivity index is 2.27. The van der Waals surface area contributed by atoms with Crippen molar-refractivity contribution < 1.29 is 8.42 Å². The van der Waals surface area contributed by atoms with Crippen molar-refractivity contribution in [3.05, 3.63) is 58.9 Å². The van der Waals surface area contributed by atoms with Crippen LogP contribution in [0.5, 0.6) is 0 Å². The lowest BCUT2D eigenvalue weighted by Crippen LogP contribution is -2.20. The summed E-state index contributed by atoms with van der Waals surface area (Å²) in [5, 5.41) is 10.7.